The summed E-state index contributed by atoms with van der Waals surface area (Å²) in [6.07, 6.45) is 0.462. The van der Waals surface area contributed by atoms with Gasteiger partial charge in [-0.05, 0) is 23.6 Å². The van der Waals surface area contributed by atoms with E-state index in [1.165, 1.54) is 6.07 Å². The number of benzene rings is 2. The third-order valence-corrected chi connectivity index (χ3v) is 3.78. The molecule has 0 aromatic heterocycles. The number of aliphatic hydroxyl groups is 1. The topological polar surface area (TPSA) is 61.4 Å². The van der Waals surface area contributed by atoms with Crippen LogP contribution in [0.5, 0.6) is 0 Å². The van der Waals surface area contributed by atoms with Crippen LogP contribution in [0.2, 0.25) is 0 Å². The van der Waals surface area contributed by atoms with E-state index in [1.54, 1.807) is 19.1 Å². The number of carbonyl (C=O) groups excluding carboxylic acids is 1. The van der Waals surface area contributed by atoms with E-state index in [1.807, 2.05) is 12.1 Å². The molecule has 0 aliphatic carbocycles. The highest BCUT2D eigenvalue weighted by atomic mass is 19.1. The van der Waals surface area contributed by atoms with E-state index in [-0.39, 0.29) is 18.7 Å². The number of aliphatic hydroxyl groups excluding tert-OH is 1. The molecule has 0 fully saturated rings. The van der Waals surface area contributed by atoms with Crippen molar-refractivity contribution >= 4 is 6.03 Å². The molecule has 0 saturated carbocycles. The van der Waals surface area contributed by atoms with Gasteiger partial charge in [-0.25, -0.2) is 13.6 Å². The molecule has 1 unspecified atom stereocenters. The summed E-state index contributed by atoms with van der Waals surface area (Å²) < 4.78 is 26.8. The van der Waals surface area contributed by atoms with Gasteiger partial charge in [0.1, 0.15) is 11.6 Å². The van der Waals surface area contributed by atoms with Gasteiger partial charge in [0.2, 0.25) is 0 Å². The van der Waals surface area contributed by atoms with Gasteiger partial charge in [-0.3, -0.25) is 0 Å². The van der Waals surface area contributed by atoms with Gasteiger partial charge in [-0.2, -0.15) is 0 Å². The van der Waals surface area contributed by atoms with Crippen molar-refractivity contribution in [1.82, 2.24) is 10.6 Å². The van der Waals surface area contributed by atoms with Crippen molar-refractivity contribution in [2.24, 2.45) is 0 Å². The van der Waals surface area contributed by atoms with Gasteiger partial charge in [0, 0.05) is 18.2 Å². The molecule has 2 aromatic rings. The van der Waals surface area contributed by atoms with E-state index in [2.05, 4.69) is 10.6 Å². The first kappa shape index (κ1) is 17.9. The third kappa shape index (κ3) is 4.52. The number of rotatable bonds is 6. The average Bonchev–Trinajstić information content (AvgIpc) is 2.58. The lowest BCUT2D eigenvalue weighted by atomic mass is 10.0. The Labute approximate surface area is 139 Å². The Morgan fingerprint density at radius 2 is 1.88 bits per heavy atom. The van der Waals surface area contributed by atoms with E-state index < -0.39 is 23.7 Å². The summed E-state index contributed by atoms with van der Waals surface area (Å²) in [6, 6.07) is 9.49. The molecular formula is C18H20F2N2O2. The molecule has 0 spiro atoms. The van der Waals surface area contributed by atoms with E-state index in [0.29, 0.717) is 6.42 Å². The molecule has 0 aliphatic heterocycles. The summed E-state index contributed by atoms with van der Waals surface area (Å²) in [5, 5.41) is 14.6. The Morgan fingerprint density at radius 3 is 2.50 bits per heavy atom. The van der Waals surface area contributed by atoms with Crippen LogP contribution in [0.3, 0.4) is 0 Å². The standard InChI is InChI=1S/C18H20F2N2O2/c1-2-17(15-8-7-14(19)9-16(15)20)22-18(24)21-10-12-5-3-4-6-13(12)11-23/h3-9,17,23H,2,10-11H2,1H3,(H2,21,22,24). The second-order valence-corrected chi connectivity index (χ2v) is 5.38. The largest absolute Gasteiger partial charge is 0.392 e. The molecular weight excluding hydrogens is 314 g/mol. The minimum absolute atomic E-state index is 0.113. The van der Waals surface area contributed by atoms with E-state index in [9.17, 15) is 18.7 Å². The number of hydrogen-bond donors (Lipinski definition) is 3. The van der Waals surface area contributed by atoms with Crippen LogP contribution in [0.4, 0.5) is 13.6 Å². The van der Waals surface area contributed by atoms with Crippen molar-refractivity contribution in [2.45, 2.75) is 32.5 Å². The SMILES string of the molecule is CCC(NC(=O)NCc1ccccc1CO)c1ccc(F)cc1F. The van der Waals surface area contributed by atoms with E-state index in [4.69, 9.17) is 0 Å². The Hall–Kier alpha value is -2.47. The smallest absolute Gasteiger partial charge is 0.315 e. The van der Waals surface area contributed by atoms with Crippen LogP contribution in [-0.4, -0.2) is 11.1 Å². The van der Waals surface area contributed by atoms with Crippen molar-refractivity contribution in [1.29, 1.82) is 0 Å². The summed E-state index contributed by atoms with van der Waals surface area (Å²) in [4.78, 5) is 12.1. The molecule has 6 heteroatoms. The fourth-order valence-corrected chi connectivity index (χ4v) is 2.45. The molecule has 3 N–H and O–H groups in total. The van der Waals surface area contributed by atoms with Crippen LogP contribution in [0.15, 0.2) is 42.5 Å². The number of hydrogen-bond acceptors (Lipinski definition) is 2. The van der Waals surface area contributed by atoms with Crippen molar-refractivity contribution < 1.29 is 18.7 Å². The second kappa shape index (κ2) is 8.40. The zero-order chi connectivity index (χ0) is 17.5. The first-order valence-electron chi connectivity index (χ1n) is 7.72. The van der Waals surface area contributed by atoms with Gasteiger partial charge < -0.3 is 15.7 Å². The number of amides is 2. The van der Waals surface area contributed by atoms with Gasteiger partial charge in [-0.15, -0.1) is 0 Å². The summed E-state index contributed by atoms with van der Waals surface area (Å²) in [6.45, 7) is 1.93. The van der Waals surface area contributed by atoms with Crippen molar-refractivity contribution in [3.05, 3.63) is 70.8 Å². The third-order valence-electron chi connectivity index (χ3n) is 3.78. The van der Waals surface area contributed by atoms with Gasteiger partial charge in [-0.1, -0.05) is 37.3 Å². The zero-order valence-corrected chi connectivity index (χ0v) is 13.4. The molecule has 128 valence electrons. The minimum atomic E-state index is -0.687. The van der Waals surface area contributed by atoms with Crippen LogP contribution in [0.1, 0.15) is 36.1 Å². The summed E-state index contributed by atoms with van der Waals surface area (Å²) >= 11 is 0. The molecule has 0 aliphatic rings. The Bertz CT molecular complexity index is 707. The Morgan fingerprint density at radius 1 is 1.17 bits per heavy atom. The van der Waals surface area contributed by atoms with Gasteiger partial charge in [0.15, 0.2) is 0 Å². The summed E-state index contributed by atoms with van der Waals surface area (Å²) in [5.74, 6) is -1.34. The van der Waals surface area contributed by atoms with Crippen molar-refractivity contribution in [3.63, 3.8) is 0 Å². The molecule has 0 saturated heterocycles. The quantitative estimate of drug-likeness (QED) is 0.758. The van der Waals surface area contributed by atoms with Crippen LogP contribution in [0.25, 0.3) is 0 Å². The molecule has 0 heterocycles. The number of nitrogens with one attached hydrogen (secondary N) is 2. The Kier molecular flexibility index (Phi) is 6.26. The number of urea groups is 1. The molecule has 2 amide bonds. The highest BCUT2D eigenvalue weighted by Gasteiger charge is 2.17. The van der Waals surface area contributed by atoms with Crippen molar-refractivity contribution in [2.75, 3.05) is 0 Å². The first-order valence-corrected chi connectivity index (χ1v) is 7.72. The van der Waals surface area contributed by atoms with Gasteiger partial charge in [0.05, 0.1) is 12.6 Å². The van der Waals surface area contributed by atoms with E-state index in [0.717, 1.165) is 23.3 Å². The molecule has 0 radical (unpaired) electrons. The van der Waals surface area contributed by atoms with Crippen LogP contribution >= 0.6 is 0 Å². The fourth-order valence-electron chi connectivity index (χ4n) is 2.45. The normalized spacial score (nSPS) is 11.8. The van der Waals surface area contributed by atoms with Gasteiger partial charge >= 0.3 is 6.03 Å². The summed E-state index contributed by atoms with van der Waals surface area (Å²) in [5.41, 5.74) is 1.77. The summed E-state index contributed by atoms with van der Waals surface area (Å²) in [7, 11) is 0. The number of halogens is 2. The zero-order valence-electron chi connectivity index (χ0n) is 13.4. The molecule has 0 bridgehead atoms. The Balaban J connectivity index is 1.99. The number of carbonyl (C=O) groups is 1. The average molecular weight is 334 g/mol. The second-order valence-electron chi connectivity index (χ2n) is 5.38. The predicted octanol–water partition coefficient (Wildman–Crippen LogP) is 3.41. The molecule has 1 atom stereocenters. The molecule has 4 nitrogen and oxygen atoms in total. The predicted molar refractivity (Wildman–Crippen MR) is 87.1 cm³/mol. The first-order chi connectivity index (χ1) is 11.5. The van der Waals surface area contributed by atoms with E-state index >= 15 is 0 Å². The van der Waals surface area contributed by atoms with Crippen molar-refractivity contribution in [3.8, 4) is 0 Å². The molecule has 2 rings (SSSR count). The molecule has 2 aromatic carbocycles. The lowest BCUT2D eigenvalue weighted by Crippen LogP contribution is -2.37. The van der Waals surface area contributed by atoms with Crippen LogP contribution < -0.4 is 10.6 Å². The maximum Gasteiger partial charge on any atom is 0.315 e. The lowest BCUT2D eigenvalue weighted by molar-refractivity contribution is 0.235. The maximum atomic E-state index is 13.8. The molecule has 24 heavy (non-hydrogen) atoms. The fraction of sp³-hybridized carbons (Fsp3) is 0.278. The van der Waals surface area contributed by atoms with Crippen LogP contribution in [0, 0.1) is 11.6 Å². The van der Waals surface area contributed by atoms with Crippen LogP contribution in [-0.2, 0) is 13.2 Å². The minimum Gasteiger partial charge on any atom is -0.392 e. The maximum absolute atomic E-state index is 13.8. The highest BCUT2D eigenvalue weighted by molar-refractivity contribution is 5.74. The lowest BCUT2D eigenvalue weighted by Gasteiger charge is -2.19. The highest BCUT2D eigenvalue weighted by Crippen LogP contribution is 2.20. The van der Waals surface area contributed by atoms with Gasteiger partial charge in [0.25, 0.3) is 0 Å². The monoisotopic (exact) mass is 334 g/mol.